The summed E-state index contributed by atoms with van der Waals surface area (Å²) in [5.74, 6) is -0.247. The number of hydrogen-bond donors (Lipinski definition) is 1. The van der Waals surface area contributed by atoms with Crippen LogP contribution in [0.25, 0.3) is 0 Å². The number of carbonyl (C=O) groups excluding carboxylic acids is 2. The number of carbonyl (C=O) groups is 2. The minimum atomic E-state index is -3.96. The molecule has 0 saturated heterocycles. The lowest BCUT2D eigenvalue weighted by Gasteiger charge is -2.33. The van der Waals surface area contributed by atoms with Gasteiger partial charge in [-0.2, -0.15) is 4.72 Å². The summed E-state index contributed by atoms with van der Waals surface area (Å²) in [6.45, 7) is 2.42. The largest absolute Gasteiger partial charge is 0.490 e. The van der Waals surface area contributed by atoms with Crippen molar-refractivity contribution >= 4 is 21.9 Å². The molecule has 31 heavy (non-hydrogen) atoms. The molecule has 10 heteroatoms. The predicted molar refractivity (Wildman–Crippen MR) is 112 cm³/mol. The summed E-state index contributed by atoms with van der Waals surface area (Å²) in [6, 6.07) is 4.45. The van der Waals surface area contributed by atoms with Crippen LogP contribution in [0.5, 0.6) is 11.5 Å². The second-order valence-electron chi connectivity index (χ2n) is 7.62. The molecule has 1 fully saturated rings. The van der Waals surface area contributed by atoms with Crippen molar-refractivity contribution in [2.24, 2.45) is 0 Å². The Morgan fingerprint density at radius 2 is 1.81 bits per heavy atom. The molecule has 1 aliphatic carbocycles. The fourth-order valence-electron chi connectivity index (χ4n) is 3.86. The highest BCUT2D eigenvalue weighted by Gasteiger charge is 2.25. The topological polar surface area (TPSA) is 111 Å². The zero-order valence-corrected chi connectivity index (χ0v) is 18.6. The number of esters is 1. The summed E-state index contributed by atoms with van der Waals surface area (Å²) >= 11 is 0. The van der Waals surface area contributed by atoms with Crippen molar-refractivity contribution in [3.05, 3.63) is 18.2 Å². The molecule has 0 spiro atoms. The van der Waals surface area contributed by atoms with Crippen molar-refractivity contribution in [1.29, 1.82) is 0 Å². The van der Waals surface area contributed by atoms with E-state index in [2.05, 4.69) is 4.72 Å². The number of hydrogen-bond acceptors (Lipinski definition) is 7. The van der Waals surface area contributed by atoms with Gasteiger partial charge in [0, 0.05) is 25.1 Å². The molecule has 1 heterocycles. The molecule has 0 bridgehead atoms. The molecule has 1 amide bonds. The third-order valence-electron chi connectivity index (χ3n) is 5.47. The van der Waals surface area contributed by atoms with Gasteiger partial charge in [-0.1, -0.05) is 19.3 Å². The fraction of sp³-hybridized carbons (Fsp3) is 0.619. The molecule has 0 aromatic heterocycles. The quantitative estimate of drug-likeness (QED) is 0.597. The number of nitrogens with one attached hydrogen (secondary N) is 1. The van der Waals surface area contributed by atoms with E-state index < -0.39 is 29.1 Å². The number of nitrogens with zero attached hydrogens (tertiary/aromatic N) is 1. The van der Waals surface area contributed by atoms with Gasteiger partial charge in [0.05, 0.1) is 18.1 Å². The number of rotatable bonds is 8. The number of fused-ring (bicyclic) bond motifs is 1. The van der Waals surface area contributed by atoms with E-state index in [0.29, 0.717) is 37.7 Å². The first-order chi connectivity index (χ1) is 14.9. The Hall–Kier alpha value is -2.33. The average Bonchev–Trinajstić information content (AvgIpc) is 3.02. The number of likely N-dealkylation sites (N-methyl/N-ethyl adjacent to an activating group) is 1. The molecule has 0 atom stereocenters. The van der Waals surface area contributed by atoms with Crippen LogP contribution in [0.3, 0.4) is 0 Å². The van der Waals surface area contributed by atoms with Crippen molar-refractivity contribution < 1.29 is 32.2 Å². The third kappa shape index (κ3) is 6.33. The highest BCUT2D eigenvalue weighted by atomic mass is 32.2. The summed E-state index contributed by atoms with van der Waals surface area (Å²) < 4.78 is 43.2. The molecule has 1 aromatic carbocycles. The van der Waals surface area contributed by atoms with Gasteiger partial charge in [-0.15, -0.1) is 0 Å². The highest BCUT2D eigenvalue weighted by Crippen LogP contribution is 2.31. The van der Waals surface area contributed by atoms with Gasteiger partial charge in [0.1, 0.15) is 6.54 Å². The molecule has 0 unspecified atom stereocenters. The SMILES string of the molecule is CCN(C(=O)COC(=O)CNS(=O)(=O)c1ccc2c(c1)OCCCO2)C1CCCCC1. The van der Waals surface area contributed by atoms with Crippen LogP contribution < -0.4 is 14.2 Å². The van der Waals surface area contributed by atoms with Crippen molar-refractivity contribution in [3.63, 3.8) is 0 Å². The summed E-state index contributed by atoms with van der Waals surface area (Å²) in [5.41, 5.74) is 0. The zero-order chi connectivity index (χ0) is 22.3. The zero-order valence-electron chi connectivity index (χ0n) is 17.8. The van der Waals surface area contributed by atoms with Gasteiger partial charge in [-0.25, -0.2) is 8.42 Å². The lowest BCUT2D eigenvalue weighted by atomic mass is 9.94. The van der Waals surface area contributed by atoms with E-state index in [0.717, 1.165) is 25.7 Å². The normalized spacial score (nSPS) is 16.9. The van der Waals surface area contributed by atoms with Gasteiger partial charge in [-0.3, -0.25) is 9.59 Å². The number of amides is 1. The van der Waals surface area contributed by atoms with Crippen molar-refractivity contribution in [1.82, 2.24) is 9.62 Å². The van der Waals surface area contributed by atoms with Gasteiger partial charge in [0.25, 0.3) is 5.91 Å². The Morgan fingerprint density at radius 3 is 2.52 bits per heavy atom. The van der Waals surface area contributed by atoms with E-state index in [4.69, 9.17) is 14.2 Å². The Balaban J connectivity index is 1.50. The molecule has 3 rings (SSSR count). The second kappa shape index (κ2) is 10.8. The molecule has 1 saturated carbocycles. The Bertz CT molecular complexity index is 882. The van der Waals surface area contributed by atoms with Gasteiger partial charge in [-0.05, 0) is 31.9 Å². The van der Waals surface area contributed by atoms with Crippen LogP contribution in [0.15, 0.2) is 23.1 Å². The van der Waals surface area contributed by atoms with E-state index in [-0.39, 0.29) is 16.8 Å². The van der Waals surface area contributed by atoms with E-state index in [9.17, 15) is 18.0 Å². The standard InChI is InChI=1S/C21H30N2O7S/c1-2-23(16-7-4-3-5-8-16)20(24)15-30-21(25)14-22-31(26,27)17-9-10-18-19(13-17)29-12-6-11-28-18/h9-10,13,16,22H,2-8,11-12,14-15H2,1H3. The molecule has 1 aromatic rings. The van der Waals surface area contributed by atoms with E-state index >= 15 is 0 Å². The van der Waals surface area contributed by atoms with Gasteiger partial charge in [0.15, 0.2) is 18.1 Å². The van der Waals surface area contributed by atoms with Crippen LogP contribution in [-0.4, -0.2) is 64.1 Å². The van der Waals surface area contributed by atoms with Crippen molar-refractivity contribution in [2.45, 2.75) is 56.4 Å². The number of ether oxygens (including phenoxy) is 3. The Morgan fingerprint density at radius 1 is 1.10 bits per heavy atom. The summed E-state index contributed by atoms with van der Waals surface area (Å²) in [4.78, 5) is 26.2. The molecule has 172 valence electrons. The van der Waals surface area contributed by atoms with Gasteiger partial charge < -0.3 is 19.1 Å². The first-order valence-corrected chi connectivity index (χ1v) is 12.2. The summed E-state index contributed by atoms with van der Waals surface area (Å²) in [7, 11) is -3.96. The molecule has 9 nitrogen and oxygen atoms in total. The van der Waals surface area contributed by atoms with E-state index in [1.807, 2.05) is 6.92 Å². The predicted octanol–water partition coefficient (Wildman–Crippen LogP) is 1.85. The monoisotopic (exact) mass is 454 g/mol. The third-order valence-corrected chi connectivity index (χ3v) is 6.87. The second-order valence-corrected chi connectivity index (χ2v) is 9.38. The first kappa shape index (κ1) is 23.3. The number of sulfonamides is 1. The molecular weight excluding hydrogens is 424 g/mol. The Labute approximate surface area is 183 Å². The van der Waals surface area contributed by atoms with Gasteiger partial charge in [0.2, 0.25) is 10.0 Å². The molecule has 2 aliphatic rings. The molecule has 0 radical (unpaired) electrons. The van der Waals surface area contributed by atoms with E-state index in [1.54, 1.807) is 4.90 Å². The van der Waals surface area contributed by atoms with Crippen LogP contribution in [0, 0.1) is 0 Å². The van der Waals surface area contributed by atoms with Crippen LogP contribution in [-0.2, 0) is 24.3 Å². The minimum absolute atomic E-state index is 0.0462. The maximum Gasteiger partial charge on any atom is 0.321 e. The first-order valence-electron chi connectivity index (χ1n) is 10.7. The highest BCUT2D eigenvalue weighted by molar-refractivity contribution is 7.89. The summed E-state index contributed by atoms with van der Waals surface area (Å²) in [5, 5.41) is 0. The van der Waals surface area contributed by atoms with Gasteiger partial charge >= 0.3 is 5.97 Å². The maximum absolute atomic E-state index is 12.5. The molecule has 1 N–H and O–H groups in total. The maximum atomic E-state index is 12.5. The van der Waals surface area contributed by atoms with Crippen LogP contribution >= 0.6 is 0 Å². The van der Waals surface area contributed by atoms with Crippen molar-refractivity contribution in [2.75, 3.05) is 32.9 Å². The van der Waals surface area contributed by atoms with Crippen LogP contribution in [0.4, 0.5) is 0 Å². The van der Waals surface area contributed by atoms with E-state index in [1.165, 1.54) is 24.6 Å². The molecule has 1 aliphatic heterocycles. The van der Waals surface area contributed by atoms with Crippen LogP contribution in [0.1, 0.15) is 45.4 Å². The Kier molecular flexibility index (Phi) is 8.14. The lowest BCUT2D eigenvalue weighted by molar-refractivity contribution is -0.152. The summed E-state index contributed by atoms with van der Waals surface area (Å²) in [6.07, 6.45) is 5.99. The smallest absolute Gasteiger partial charge is 0.321 e. The molecular formula is C21H30N2O7S. The van der Waals surface area contributed by atoms with Crippen molar-refractivity contribution in [3.8, 4) is 11.5 Å². The lowest BCUT2D eigenvalue weighted by Crippen LogP contribution is -2.43. The average molecular weight is 455 g/mol. The number of benzene rings is 1. The minimum Gasteiger partial charge on any atom is -0.490 e. The fourth-order valence-corrected chi connectivity index (χ4v) is 4.84. The van der Waals surface area contributed by atoms with Crippen LogP contribution in [0.2, 0.25) is 0 Å².